The highest BCUT2D eigenvalue weighted by atomic mass is 79.9. The number of carbonyl (C=O) groups is 1. The summed E-state index contributed by atoms with van der Waals surface area (Å²) < 4.78 is 6.25. The lowest BCUT2D eigenvalue weighted by Gasteiger charge is -2.07. The first-order valence-corrected chi connectivity index (χ1v) is 8.34. The van der Waals surface area contributed by atoms with Crippen LogP contribution in [0.2, 0.25) is 5.02 Å². The van der Waals surface area contributed by atoms with Gasteiger partial charge in [0.1, 0.15) is 5.75 Å². The van der Waals surface area contributed by atoms with E-state index in [-0.39, 0.29) is 12.5 Å². The fourth-order valence-corrected chi connectivity index (χ4v) is 3.12. The van der Waals surface area contributed by atoms with Crippen molar-refractivity contribution in [3.05, 3.63) is 38.8 Å². The number of rotatable bonds is 5. The van der Waals surface area contributed by atoms with Crippen molar-refractivity contribution in [3.63, 3.8) is 0 Å². The van der Waals surface area contributed by atoms with E-state index in [9.17, 15) is 4.79 Å². The van der Waals surface area contributed by atoms with Gasteiger partial charge >= 0.3 is 0 Å². The van der Waals surface area contributed by atoms with E-state index in [1.807, 2.05) is 5.38 Å². The molecule has 1 aromatic carbocycles. The van der Waals surface area contributed by atoms with Crippen molar-refractivity contribution >= 4 is 49.9 Å². The monoisotopic (exact) mass is 388 g/mol. The number of nitrogens with one attached hydrogen (secondary N) is 1. The van der Waals surface area contributed by atoms with Crippen molar-refractivity contribution in [1.29, 1.82) is 0 Å². The van der Waals surface area contributed by atoms with Crippen LogP contribution in [0.15, 0.2) is 28.1 Å². The molecule has 0 aliphatic rings. The van der Waals surface area contributed by atoms with Crippen LogP contribution in [0.1, 0.15) is 25.5 Å². The third-order valence-corrected chi connectivity index (χ3v) is 4.18. The summed E-state index contributed by atoms with van der Waals surface area (Å²) in [7, 11) is 0. The average molecular weight is 390 g/mol. The molecule has 7 heteroatoms. The van der Waals surface area contributed by atoms with Gasteiger partial charge in [-0.1, -0.05) is 41.4 Å². The zero-order valence-electron chi connectivity index (χ0n) is 11.5. The predicted molar refractivity (Wildman–Crippen MR) is 89.5 cm³/mol. The molecule has 2 aromatic rings. The zero-order chi connectivity index (χ0) is 15.4. The second kappa shape index (κ2) is 7.24. The topological polar surface area (TPSA) is 51.2 Å². The highest BCUT2D eigenvalue weighted by molar-refractivity contribution is 9.10. The Morgan fingerprint density at radius 2 is 2.29 bits per heavy atom. The Bertz CT molecular complexity index is 646. The molecule has 0 fully saturated rings. The van der Waals surface area contributed by atoms with Crippen LogP contribution in [0.3, 0.4) is 0 Å². The van der Waals surface area contributed by atoms with Crippen LogP contribution in [-0.4, -0.2) is 17.5 Å². The van der Waals surface area contributed by atoms with Crippen LogP contribution < -0.4 is 10.1 Å². The fraction of sp³-hybridized carbons (Fsp3) is 0.286. The third-order valence-electron chi connectivity index (χ3n) is 2.61. The molecular formula is C14H14BrClN2O2S. The minimum absolute atomic E-state index is 0.113. The molecule has 4 nitrogen and oxygen atoms in total. The molecule has 2 rings (SSSR count). The first-order chi connectivity index (χ1) is 9.95. The predicted octanol–water partition coefficient (Wildman–Crippen LogP) is 4.70. The van der Waals surface area contributed by atoms with Crippen molar-refractivity contribution in [2.75, 3.05) is 11.9 Å². The van der Waals surface area contributed by atoms with Gasteiger partial charge in [0.2, 0.25) is 0 Å². The van der Waals surface area contributed by atoms with Gasteiger partial charge in [-0.15, -0.1) is 11.3 Å². The van der Waals surface area contributed by atoms with Gasteiger partial charge in [0.25, 0.3) is 5.91 Å². The van der Waals surface area contributed by atoms with Gasteiger partial charge < -0.3 is 4.74 Å². The van der Waals surface area contributed by atoms with Crippen molar-refractivity contribution in [3.8, 4) is 5.75 Å². The standard InChI is InChI=1S/C14H14BrClN2O2S/c1-8(2)11-7-21-14(17-11)18-13(19)6-20-12-4-3-9(15)5-10(12)16/h3-5,7-8H,6H2,1-2H3,(H,17,18,19). The third kappa shape index (κ3) is 4.69. The minimum Gasteiger partial charge on any atom is -0.482 e. The molecule has 0 atom stereocenters. The van der Waals surface area contributed by atoms with Gasteiger partial charge in [-0.25, -0.2) is 4.98 Å². The van der Waals surface area contributed by atoms with Crippen molar-refractivity contribution in [2.24, 2.45) is 0 Å². The van der Waals surface area contributed by atoms with Crippen LogP contribution >= 0.6 is 38.9 Å². The summed E-state index contributed by atoms with van der Waals surface area (Å²) in [6.07, 6.45) is 0. The summed E-state index contributed by atoms with van der Waals surface area (Å²) in [5.41, 5.74) is 0.965. The number of hydrogen-bond donors (Lipinski definition) is 1. The lowest BCUT2D eigenvalue weighted by atomic mass is 10.2. The molecule has 1 heterocycles. The summed E-state index contributed by atoms with van der Waals surface area (Å²) >= 11 is 10.7. The van der Waals surface area contributed by atoms with E-state index in [1.54, 1.807) is 18.2 Å². The molecular weight excluding hydrogens is 376 g/mol. The van der Waals surface area contributed by atoms with Crippen LogP contribution in [0, 0.1) is 0 Å². The SMILES string of the molecule is CC(C)c1csc(NC(=O)COc2ccc(Br)cc2Cl)n1. The molecule has 0 saturated carbocycles. The van der Waals surface area contributed by atoms with E-state index < -0.39 is 0 Å². The summed E-state index contributed by atoms with van der Waals surface area (Å²) in [5, 5.41) is 5.68. The largest absolute Gasteiger partial charge is 0.482 e. The number of halogens is 2. The maximum Gasteiger partial charge on any atom is 0.264 e. The van der Waals surface area contributed by atoms with Gasteiger partial charge in [0, 0.05) is 9.85 Å². The van der Waals surface area contributed by atoms with E-state index in [4.69, 9.17) is 16.3 Å². The second-order valence-electron chi connectivity index (χ2n) is 4.64. The molecule has 0 saturated heterocycles. The van der Waals surface area contributed by atoms with Gasteiger partial charge in [-0.3, -0.25) is 10.1 Å². The van der Waals surface area contributed by atoms with E-state index in [2.05, 4.69) is 40.1 Å². The normalized spacial score (nSPS) is 10.7. The molecule has 1 amide bonds. The molecule has 0 radical (unpaired) electrons. The smallest absolute Gasteiger partial charge is 0.264 e. The minimum atomic E-state index is -0.265. The Morgan fingerprint density at radius 1 is 1.52 bits per heavy atom. The number of amides is 1. The number of thiazole rings is 1. The number of nitrogens with zero attached hydrogens (tertiary/aromatic N) is 1. The number of carbonyl (C=O) groups excluding carboxylic acids is 1. The molecule has 0 aliphatic heterocycles. The maximum absolute atomic E-state index is 11.8. The van der Waals surface area contributed by atoms with E-state index >= 15 is 0 Å². The molecule has 1 aromatic heterocycles. The van der Waals surface area contributed by atoms with Crippen molar-refractivity contribution in [2.45, 2.75) is 19.8 Å². The second-order valence-corrected chi connectivity index (χ2v) is 6.82. The van der Waals surface area contributed by atoms with Gasteiger partial charge in [-0.05, 0) is 24.1 Å². The Morgan fingerprint density at radius 3 is 2.90 bits per heavy atom. The van der Waals surface area contributed by atoms with Crippen LogP contribution in [0.5, 0.6) is 5.75 Å². The number of hydrogen-bond acceptors (Lipinski definition) is 4. The quantitative estimate of drug-likeness (QED) is 0.806. The van der Waals surface area contributed by atoms with Crippen LogP contribution in [-0.2, 0) is 4.79 Å². The lowest BCUT2D eigenvalue weighted by molar-refractivity contribution is -0.118. The number of aromatic nitrogens is 1. The molecule has 21 heavy (non-hydrogen) atoms. The molecule has 0 spiro atoms. The average Bonchev–Trinajstić information content (AvgIpc) is 2.86. The number of benzene rings is 1. The summed E-state index contributed by atoms with van der Waals surface area (Å²) in [6.45, 7) is 4.00. The summed E-state index contributed by atoms with van der Waals surface area (Å²) in [6, 6.07) is 5.22. The Labute approximate surface area is 140 Å². The molecule has 112 valence electrons. The van der Waals surface area contributed by atoms with E-state index in [1.165, 1.54) is 11.3 Å². The van der Waals surface area contributed by atoms with E-state index in [0.717, 1.165) is 10.2 Å². The highest BCUT2D eigenvalue weighted by Crippen LogP contribution is 2.27. The molecule has 0 bridgehead atoms. The molecule has 0 unspecified atom stereocenters. The zero-order valence-corrected chi connectivity index (χ0v) is 14.7. The maximum atomic E-state index is 11.8. The van der Waals surface area contributed by atoms with Crippen molar-refractivity contribution in [1.82, 2.24) is 4.98 Å². The first kappa shape index (κ1) is 16.3. The van der Waals surface area contributed by atoms with Crippen LogP contribution in [0.25, 0.3) is 0 Å². The highest BCUT2D eigenvalue weighted by Gasteiger charge is 2.10. The Hall–Kier alpha value is -1.11. The van der Waals surface area contributed by atoms with Crippen LogP contribution in [0.4, 0.5) is 5.13 Å². The molecule has 0 aliphatic carbocycles. The Balaban J connectivity index is 1.89. The van der Waals surface area contributed by atoms with Gasteiger partial charge in [0.15, 0.2) is 11.7 Å². The lowest BCUT2D eigenvalue weighted by Crippen LogP contribution is -2.20. The first-order valence-electron chi connectivity index (χ1n) is 6.29. The van der Waals surface area contributed by atoms with Gasteiger partial charge in [0.05, 0.1) is 10.7 Å². The molecule has 1 N–H and O–H groups in total. The van der Waals surface area contributed by atoms with E-state index in [0.29, 0.717) is 21.8 Å². The summed E-state index contributed by atoms with van der Waals surface area (Å²) in [5.74, 6) is 0.542. The summed E-state index contributed by atoms with van der Waals surface area (Å²) in [4.78, 5) is 16.2. The number of ether oxygens (including phenoxy) is 1. The van der Waals surface area contributed by atoms with Crippen molar-refractivity contribution < 1.29 is 9.53 Å². The Kier molecular flexibility index (Phi) is 5.61. The fourth-order valence-electron chi connectivity index (χ4n) is 1.50. The number of anilines is 1. The van der Waals surface area contributed by atoms with Gasteiger partial charge in [-0.2, -0.15) is 0 Å².